The van der Waals surface area contributed by atoms with Gasteiger partial charge in [0, 0.05) is 24.0 Å². The molecule has 0 N–H and O–H groups in total. The Morgan fingerprint density at radius 2 is 1.90 bits per heavy atom. The molecule has 0 radical (unpaired) electrons. The van der Waals surface area contributed by atoms with Crippen LogP contribution in [0.4, 0.5) is 0 Å². The molecule has 1 heterocycles. The first-order valence-electron chi connectivity index (χ1n) is 7.26. The van der Waals surface area contributed by atoms with Gasteiger partial charge in [0.25, 0.3) is 0 Å². The van der Waals surface area contributed by atoms with Crippen LogP contribution in [0.3, 0.4) is 0 Å². The molecule has 0 unspecified atom stereocenters. The van der Waals surface area contributed by atoms with Gasteiger partial charge in [0.2, 0.25) is 0 Å². The summed E-state index contributed by atoms with van der Waals surface area (Å²) in [6.07, 6.45) is 1.30. The topological polar surface area (TPSA) is 31.2 Å². The normalized spacial score (nSPS) is 11.0. The number of hydrogen-bond acceptors (Lipinski definition) is 2. The summed E-state index contributed by atoms with van der Waals surface area (Å²) in [5, 5.41) is 1.32. The van der Waals surface area contributed by atoms with Crippen molar-refractivity contribution < 1.29 is 9.53 Å². The molecule has 0 amide bonds. The van der Waals surface area contributed by atoms with Crippen LogP contribution < -0.4 is 0 Å². The van der Waals surface area contributed by atoms with Gasteiger partial charge in [0.05, 0.1) is 12.1 Å². The highest BCUT2D eigenvalue weighted by Gasteiger charge is 2.10. The summed E-state index contributed by atoms with van der Waals surface area (Å²) in [5.41, 5.74) is 5.14. The molecule has 108 valence electrons. The van der Waals surface area contributed by atoms with E-state index in [4.69, 9.17) is 4.74 Å². The first-order chi connectivity index (χ1) is 9.54. The number of aryl methyl sites for hydroxylation is 4. The van der Waals surface area contributed by atoms with Crippen LogP contribution in [0.2, 0.25) is 0 Å². The van der Waals surface area contributed by atoms with Crippen molar-refractivity contribution in [2.75, 3.05) is 6.61 Å². The zero-order valence-electron chi connectivity index (χ0n) is 12.8. The summed E-state index contributed by atoms with van der Waals surface area (Å²) in [6.45, 7) is 9.57. The number of nitrogens with zero attached hydrogens (tertiary/aromatic N) is 1. The van der Waals surface area contributed by atoms with Crippen LogP contribution in [0.1, 0.15) is 36.6 Å². The monoisotopic (exact) mass is 273 g/mol. The fraction of sp³-hybridized carbons (Fsp3) is 0.471. The summed E-state index contributed by atoms with van der Waals surface area (Å²) in [5.74, 6) is -0.102. The van der Waals surface area contributed by atoms with E-state index < -0.39 is 0 Å². The zero-order valence-corrected chi connectivity index (χ0v) is 12.8. The number of esters is 1. The highest BCUT2D eigenvalue weighted by atomic mass is 16.5. The Balaban J connectivity index is 2.20. The molecule has 0 fully saturated rings. The maximum absolute atomic E-state index is 11.4. The lowest BCUT2D eigenvalue weighted by molar-refractivity contribution is -0.143. The van der Waals surface area contributed by atoms with Crippen molar-refractivity contribution in [1.82, 2.24) is 4.57 Å². The molecule has 2 rings (SSSR count). The van der Waals surface area contributed by atoms with E-state index in [2.05, 4.69) is 43.5 Å². The summed E-state index contributed by atoms with van der Waals surface area (Å²) < 4.78 is 7.29. The minimum Gasteiger partial charge on any atom is -0.466 e. The summed E-state index contributed by atoms with van der Waals surface area (Å²) >= 11 is 0. The number of carbonyl (C=O) groups excluding carboxylic acids is 1. The molecule has 0 aliphatic heterocycles. The number of benzene rings is 1. The van der Waals surface area contributed by atoms with Crippen LogP contribution in [-0.4, -0.2) is 17.1 Å². The highest BCUT2D eigenvalue weighted by Crippen LogP contribution is 2.26. The molecule has 3 heteroatoms. The van der Waals surface area contributed by atoms with E-state index in [9.17, 15) is 4.79 Å². The molecule has 0 saturated heterocycles. The van der Waals surface area contributed by atoms with Crippen molar-refractivity contribution in [3.05, 3.63) is 35.0 Å². The maximum Gasteiger partial charge on any atom is 0.305 e. The Morgan fingerprint density at radius 1 is 1.20 bits per heavy atom. The zero-order chi connectivity index (χ0) is 14.7. The SMILES string of the molecule is CCOC(=O)CCCn1c(C)cc2c(C)ccc(C)c21. The summed E-state index contributed by atoms with van der Waals surface area (Å²) in [7, 11) is 0. The smallest absolute Gasteiger partial charge is 0.305 e. The van der Waals surface area contributed by atoms with Gasteiger partial charge >= 0.3 is 5.97 Å². The number of aromatic nitrogens is 1. The largest absolute Gasteiger partial charge is 0.466 e. The summed E-state index contributed by atoms with van der Waals surface area (Å²) in [4.78, 5) is 11.4. The molecule has 20 heavy (non-hydrogen) atoms. The molecule has 0 spiro atoms. The van der Waals surface area contributed by atoms with Crippen LogP contribution >= 0.6 is 0 Å². The number of rotatable bonds is 5. The van der Waals surface area contributed by atoms with Crippen LogP contribution in [0.25, 0.3) is 10.9 Å². The Hall–Kier alpha value is -1.77. The molecule has 0 saturated carbocycles. The van der Waals surface area contributed by atoms with E-state index in [-0.39, 0.29) is 5.97 Å². The first kappa shape index (κ1) is 14.6. The molecule has 1 aromatic heterocycles. The molecule has 1 aromatic carbocycles. The summed E-state index contributed by atoms with van der Waals surface area (Å²) in [6, 6.07) is 6.57. The number of hydrogen-bond donors (Lipinski definition) is 0. The minimum absolute atomic E-state index is 0.102. The second kappa shape index (κ2) is 6.12. The quantitative estimate of drug-likeness (QED) is 0.773. The van der Waals surface area contributed by atoms with E-state index in [1.165, 1.54) is 27.7 Å². The predicted molar refractivity (Wildman–Crippen MR) is 82.0 cm³/mol. The lowest BCUT2D eigenvalue weighted by atomic mass is 10.1. The van der Waals surface area contributed by atoms with E-state index >= 15 is 0 Å². The van der Waals surface area contributed by atoms with Crippen molar-refractivity contribution in [2.24, 2.45) is 0 Å². The third-order valence-electron chi connectivity index (χ3n) is 3.75. The average Bonchev–Trinajstić information content (AvgIpc) is 2.73. The second-order valence-corrected chi connectivity index (χ2v) is 5.31. The third kappa shape index (κ3) is 2.87. The Bertz CT molecular complexity index is 625. The first-order valence-corrected chi connectivity index (χ1v) is 7.26. The number of ether oxygens (including phenoxy) is 1. The molecule has 3 nitrogen and oxygen atoms in total. The van der Waals surface area contributed by atoms with Crippen LogP contribution in [0.5, 0.6) is 0 Å². The van der Waals surface area contributed by atoms with Crippen LogP contribution in [0, 0.1) is 20.8 Å². The molecule has 0 bridgehead atoms. The lowest BCUT2D eigenvalue weighted by Crippen LogP contribution is -2.07. The fourth-order valence-electron chi connectivity index (χ4n) is 2.72. The van der Waals surface area contributed by atoms with Crippen LogP contribution in [0.15, 0.2) is 18.2 Å². The van der Waals surface area contributed by atoms with Gasteiger partial charge in [-0.05, 0) is 51.3 Å². The van der Waals surface area contributed by atoms with E-state index in [1.54, 1.807) is 0 Å². The van der Waals surface area contributed by atoms with Gasteiger partial charge in [-0.1, -0.05) is 12.1 Å². The van der Waals surface area contributed by atoms with Gasteiger partial charge < -0.3 is 9.30 Å². The molecule has 0 aliphatic carbocycles. The Morgan fingerprint density at radius 3 is 2.60 bits per heavy atom. The fourth-order valence-corrected chi connectivity index (χ4v) is 2.72. The second-order valence-electron chi connectivity index (χ2n) is 5.31. The van der Waals surface area contributed by atoms with Crippen molar-refractivity contribution in [1.29, 1.82) is 0 Å². The van der Waals surface area contributed by atoms with Gasteiger partial charge in [0.1, 0.15) is 0 Å². The van der Waals surface area contributed by atoms with Crippen molar-refractivity contribution in [3.63, 3.8) is 0 Å². The van der Waals surface area contributed by atoms with E-state index in [1.807, 2.05) is 6.92 Å². The van der Waals surface area contributed by atoms with Gasteiger partial charge in [-0.2, -0.15) is 0 Å². The van der Waals surface area contributed by atoms with Crippen molar-refractivity contribution in [2.45, 2.75) is 47.1 Å². The molecule has 2 aromatic rings. The van der Waals surface area contributed by atoms with E-state index in [0.717, 1.165) is 13.0 Å². The van der Waals surface area contributed by atoms with Gasteiger partial charge in [-0.25, -0.2) is 0 Å². The lowest BCUT2D eigenvalue weighted by Gasteiger charge is -2.10. The Labute approximate surface area is 120 Å². The molecule has 0 atom stereocenters. The molecule has 0 aliphatic rings. The van der Waals surface area contributed by atoms with Crippen molar-refractivity contribution >= 4 is 16.9 Å². The number of carbonyl (C=O) groups is 1. The van der Waals surface area contributed by atoms with Crippen molar-refractivity contribution in [3.8, 4) is 0 Å². The Kier molecular flexibility index (Phi) is 4.48. The molecular weight excluding hydrogens is 250 g/mol. The standard InChI is InChI=1S/C17H23NO2/c1-5-20-16(19)7-6-10-18-14(4)11-15-12(2)8-9-13(3)17(15)18/h8-9,11H,5-7,10H2,1-4H3. The predicted octanol–water partition coefficient (Wildman–Crippen LogP) is 3.91. The van der Waals surface area contributed by atoms with Gasteiger partial charge in [-0.3, -0.25) is 4.79 Å². The molecular formula is C17H23NO2. The minimum atomic E-state index is -0.102. The van der Waals surface area contributed by atoms with Crippen LogP contribution in [-0.2, 0) is 16.1 Å². The van der Waals surface area contributed by atoms with Gasteiger partial charge in [0.15, 0.2) is 0 Å². The number of fused-ring (bicyclic) bond motifs is 1. The third-order valence-corrected chi connectivity index (χ3v) is 3.75. The highest BCUT2D eigenvalue weighted by molar-refractivity contribution is 5.87. The van der Waals surface area contributed by atoms with Gasteiger partial charge in [-0.15, -0.1) is 0 Å². The maximum atomic E-state index is 11.4. The van der Waals surface area contributed by atoms with E-state index in [0.29, 0.717) is 13.0 Å². The average molecular weight is 273 g/mol.